The Bertz CT molecular complexity index is 917. The van der Waals surface area contributed by atoms with E-state index < -0.39 is 10.0 Å². The van der Waals surface area contributed by atoms with E-state index in [1.54, 1.807) is 12.1 Å². The topological polar surface area (TPSA) is 85.3 Å². The predicted molar refractivity (Wildman–Crippen MR) is 97.4 cm³/mol. The second-order valence-corrected chi connectivity index (χ2v) is 7.31. The summed E-state index contributed by atoms with van der Waals surface area (Å²) in [5.41, 5.74) is 2.10. The van der Waals surface area contributed by atoms with Crippen LogP contribution in [0.1, 0.15) is 11.3 Å². The Balaban J connectivity index is 1.48. The molecule has 3 aromatic rings. The van der Waals surface area contributed by atoms with Crippen molar-refractivity contribution in [3.8, 4) is 11.3 Å². The molecule has 0 unspecified atom stereocenters. The van der Waals surface area contributed by atoms with E-state index in [4.69, 9.17) is 9.56 Å². The molecule has 5 nitrogen and oxygen atoms in total. The van der Waals surface area contributed by atoms with Gasteiger partial charge in [0, 0.05) is 5.56 Å². The molecule has 0 amide bonds. The van der Waals surface area contributed by atoms with E-state index in [2.05, 4.69) is 5.32 Å². The zero-order chi connectivity index (χ0) is 17.7. The van der Waals surface area contributed by atoms with Gasteiger partial charge in [-0.25, -0.2) is 13.6 Å². The Labute approximate surface area is 147 Å². The lowest BCUT2D eigenvalue weighted by atomic mass is 10.1. The van der Waals surface area contributed by atoms with Gasteiger partial charge in [-0.1, -0.05) is 42.5 Å². The van der Waals surface area contributed by atoms with E-state index in [0.717, 1.165) is 35.6 Å². The summed E-state index contributed by atoms with van der Waals surface area (Å²) in [6, 6.07) is 20.5. The standard InChI is InChI=1S/C19H20N2O3S/c20-25(22,23)18-9-6-15(7-10-18)12-13-21-14-17-8-11-19(24-17)16-4-2-1-3-5-16/h1-11,21H,12-14H2,(H2,20,22,23). The van der Waals surface area contributed by atoms with Gasteiger partial charge in [0.1, 0.15) is 11.5 Å². The maximum absolute atomic E-state index is 11.2. The van der Waals surface area contributed by atoms with Crippen molar-refractivity contribution in [2.45, 2.75) is 17.9 Å². The summed E-state index contributed by atoms with van der Waals surface area (Å²) in [5.74, 6) is 1.74. The first kappa shape index (κ1) is 17.4. The Morgan fingerprint density at radius 2 is 1.64 bits per heavy atom. The number of hydrogen-bond donors (Lipinski definition) is 2. The quantitative estimate of drug-likeness (QED) is 0.638. The molecule has 0 aliphatic rings. The monoisotopic (exact) mass is 356 g/mol. The summed E-state index contributed by atoms with van der Waals surface area (Å²) in [5, 5.41) is 8.41. The van der Waals surface area contributed by atoms with Gasteiger partial charge >= 0.3 is 0 Å². The van der Waals surface area contributed by atoms with Crippen molar-refractivity contribution in [3.63, 3.8) is 0 Å². The van der Waals surface area contributed by atoms with Gasteiger partial charge in [-0.3, -0.25) is 0 Å². The molecule has 25 heavy (non-hydrogen) atoms. The number of rotatable bonds is 7. The Hall–Kier alpha value is -2.41. The molecule has 0 saturated heterocycles. The largest absolute Gasteiger partial charge is 0.460 e. The molecular weight excluding hydrogens is 336 g/mol. The molecule has 0 spiro atoms. The minimum Gasteiger partial charge on any atom is -0.460 e. The Morgan fingerprint density at radius 1 is 0.920 bits per heavy atom. The third-order valence-corrected chi connectivity index (χ3v) is 4.79. The fourth-order valence-corrected chi connectivity index (χ4v) is 3.04. The van der Waals surface area contributed by atoms with E-state index in [0.29, 0.717) is 6.54 Å². The van der Waals surface area contributed by atoms with Crippen molar-refractivity contribution in [1.82, 2.24) is 5.32 Å². The van der Waals surface area contributed by atoms with Crippen LogP contribution in [0.2, 0.25) is 0 Å². The predicted octanol–water partition coefficient (Wildman–Crippen LogP) is 2.93. The van der Waals surface area contributed by atoms with Gasteiger partial charge in [-0.05, 0) is 42.8 Å². The van der Waals surface area contributed by atoms with Crippen LogP contribution in [0, 0.1) is 0 Å². The summed E-state index contributed by atoms with van der Waals surface area (Å²) < 4.78 is 28.3. The van der Waals surface area contributed by atoms with Crippen LogP contribution in [0.25, 0.3) is 11.3 Å². The zero-order valence-corrected chi connectivity index (χ0v) is 14.5. The lowest BCUT2D eigenvalue weighted by molar-refractivity contribution is 0.494. The molecule has 2 aromatic carbocycles. The van der Waals surface area contributed by atoms with Crippen LogP contribution in [0.3, 0.4) is 0 Å². The fourth-order valence-electron chi connectivity index (χ4n) is 2.52. The highest BCUT2D eigenvalue weighted by molar-refractivity contribution is 7.89. The summed E-state index contributed by atoms with van der Waals surface area (Å²) in [6.07, 6.45) is 0.789. The summed E-state index contributed by atoms with van der Waals surface area (Å²) in [7, 11) is -3.63. The third kappa shape index (κ3) is 4.79. The average molecular weight is 356 g/mol. The number of furan rings is 1. The van der Waals surface area contributed by atoms with Crippen LogP contribution in [0.5, 0.6) is 0 Å². The summed E-state index contributed by atoms with van der Waals surface area (Å²) >= 11 is 0. The minimum absolute atomic E-state index is 0.133. The van der Waals surface area contributed by atoms with Crippen LogP contribution in [-0.4, -0.2) is 15.0 Å². The minimum atomic E-state index is -3.63. The maximum Gasteiger partial charge on any atom is 0.238 e. The molecule has 0 aliphatic heterocycles. The third-order valence-electron chi connectivity index (χ3n) is 3.86. The molecular formula is C19H20N2O3S. The lowest BCUT2D eigenvalue weighted by Gasteiger charge is -2.04. The molecule has 0 aliphatic carbocycles. The van der Waals surface area contributed by atoms with Crippen LogP contribution in [0.4, 0.5) is 0 Å². The Morgan fingerprint density at radius 3 is 2.32 bits per heavy atom. The first-order chi connectivity index (χ1) is 12.0. The molecule has 3 N–H and O–H groups in total. The fraction of sp³-hybridized carbons (Fsp3) is 0.158. The van der Waals surface area contributed by atoms with Crippen molar-refractivity contribution in [1.29, 1.82) is 0 Å². The number of nitrogens with two attached hydrogens (primary N) is 1. The van der Waals surface area contributed by atoms with E-state index in [-0.39, 0.29) is 4.90 Å². The van der Waals surface area contributed by atoms with E-state index in [9.17, 15) is 8.42 Å². The van der Waals surface area contributed by atoms with Crippen LogP contribution in [0.15, 0.2) is 76.0 Å². The molecule has 130 valence electrons. The lowest BCUT2D eigenvalue weighted by Crippen LogP contribution is -2.16. The summed E-state index contributed by atoms with van der Waals surface area (Å²) in [6.45, 7) is 1.40. The molecule has 6 heteroatoms. The van der Waals surface area contributed by atoms with Crippen LogP contribution in [-0.2, 0) is 23.0 Å². The second-order valence-electron chi connectivity index (χ2n) is 5.75. The molecule has 3 rings (SSSR count). The van der Waals surface area contributed by atoms with Crippen LogP contribution >= 0.6 is 0 Å². The van der Waals surface area contributed by atoms with Gasteiger partial charge < -0.3 is 9.73 Å². The van der Waals surface area contributed by atoms with Crippen molar-refractivity contribution < 1.29 is 12.8 Å². The van der Waals surface area contributed by atoms with Crippen molar-refractivity contribution in [2.75, 3.05) is 6.54 Å². The number of hydrogen-bond acceptors (Lipinski definition) is 4. The number of benzene rings is 2. The average Bonchev–Trinajstić information content (AvgIpc) is 3.08. The highest BCUT2D eigenvalue weighted by atomic mass is 32.2. The van der Waals surface area contributed by atoms with E-state index in [1.807, 2.05) is 42.5 Å². The normalized spacial score (nSPS) is 11.6. The summed E-state index contributed by atoms with van der Waals surface area (Å²) in [4.78, 5) is 0.133. The molecule has 0 saturated carbocycles. The molecule has 1 heterocycles. The van der Waals surface area contributed by atoms with Crippen molar-refractivity contribution in [3.05, 3.63) is 78.1 Å². The zero-order valence-electron chi connectivity index (χ0n) is 13.7. The SMILES string of the molecule is NS(=O)(=O)c1ccc(CCNCc2ccc(-c3ccccc3)o2)cc1. The van der Waals surface area contributed by atoms with Gasteiger partial charge in [0.25, 0.3) is 0 Å². The number of primary sulfonamides is 1. The first-order valence-electron chi connectivity index (χ1n) is 7.99. The van der Waals surface area contributed by atoms with Gasteiger partial charge in [-0.2, -0.15) is 0 Å². The molecule has 0 bridgehead atoms. The molecule has 1 aromatic heterocycles. The highest BCUT2D eigenvalue weighted by Gasteiger charge is 2.07. The van der Waals surface area contributed by atoms with Crippen molar-refractivity contribution >= 4 is 10.0 Å². The molecule has 0 radical (unpaired) electrons. The number of sulfonamides is 1. The van der Waals surface area contributed by atoms with Crippen molar-refractivity contribution in [2.24, 2.45) is 5.14 Å². The van der Waals surface area contributed by atoms with Gasteiger partial charge in [-0.15, -0.1) is 0 Å². The maximum atomic E-state index is 11.2. The van der Waals surface area contributed by atoms with E-state index >= 15 is 0 Å². The van der Waals surface area contributed by atoms with Crippen LogP contribution < -0.4 is 10.5 Å². The van der Waals surface area contributed by atoms with Gasteiger partial charge in [0.2, 0.25) is 10.0 Å². The number of nitrogens with one attached hydrogen (secondary N) is 1. The smallest absolute Gasteiger partial charge is 0.238 e. The Kier molecular flexibility index (Phi) is 5.33. The van der Waals surface area contributed by atoms with Gasteiger partial charge in [0.15, 0.2) is 0 Å². The highest BCUT2D eigenvalue weighted by Crippen LogP contribution is 2.21. The van der Waals surface area contributed by atoms with Gasteiger partial charge in [0.05, 0.1) is 11.4 Å². The first-order valence-corrected chi connectivity index (χ1v) is 9.53. The van der Waals surface area contributed by atoms with E-state index in [1.165, 1.54) is 12.1 Å². The second kappa shape index (κ2) is 7.65. The molecule has 0 atom stereocenters. The molecule has 0 fully saturated rings.